The first kappa shape index (κ1) is 16.3. The van der Waals surface area contributed by atoms with Crippen molar-refractivity contribution in [2.75, 3.05) is 13.1 Å². The van der Waals surface area contributed by atoms with E-state index in [9.17, 15) is 14.7 Å². The lowest BCUT2D eigenvalue weighted by Crippen LogP contribution is -2.54. The lowest BCUT2D eigenvalue weighted by Gasteiger charge is -2.38. The Kier molecular flexibility index (Phi) is 4.91. The molecule has 1 saturated heterocycles. The third-order valence-electron chi connectivity index (χ3n) is 5.52. The first-order valence-electron chi connectivity index (χ1n) is 8.20. The number of carbonyl (C=O) groups excluding carboxylic acids is 1. The minimum atomic E-state index is -0.810. The van der Waals surface area contributed by atoms with E-state index < -0.39 is 11.4 Å². The Bertz CT molecular complexity index is 399. The fourth-order valence-electron chi connectivity index (χ4n) is 3.94. The van der Waals surface area contributed by atoms with E-state index in [0.717, 1.165) is 51.6 Å². The van der Waals surface area contributed by atoms with Crippen molar-refractivity contribution < 1.29 is 14.7 Å². The molecule has 1 heterocycles. The zero-order valence-corrected chi connectivity index (χ0v) is 13.2. The molecule has 2 aliphatic rings. The fraction of sp³-hybridized carbons (Fsp3) is 0.875. The largest absolute Gasteiger partial charge is 0.481 e. The van der Waals surface area contributed by atoms with Crippen LogP contribution in [0.15, 0.2) is 0 Å². The summed E-state index contributed by atoms with van der Waals surface area (Å²) in [6, 6.07) is -0.230. The van der Waals surface area contributed by atoms with E-state index in [-0.39, 0.29) is 17.4 Å². The third kappa shape index (κ3) is 3.07. The van der Waals surface area contributed by atoms with Crippen LogP contribution in [-0.4, -0.2) is 36.1 Å². The molecule has 5 heteroatoms. The Morgan fingerprint density at radius 3 is 2.52 bits per heavy atom. The quantitative estimate of drug-likeness (QED) is 0.724. The standard InChI is InChI=1S/C16H28N2O3/c1-3-6-16(8-10-17-11-9-16)13(19)18-12-5-4-7-15(12,2)14(20)21/h12,17H,3-11H2,1-2H3,(H,18,19)(H,20,21). The van der Waals surface area contributed by atoms with Gasteiger partial charge in [0, 0.05) is 6.04 Å². The summed E-state index contributed by atoms with van der Waals surface area (Å²) in [5.41, 5.74) is -1.11. The highest BCUT2D eigenvalue weighted by molar-refractivity contribution is 5.84. The van der Waals surface area contributed by atoms with Crippen LogP contribution < -0.4 is 10.6 Å². The molecule has 0 radical (unpaired) electrons. The average molecular weight is 296 g/mol. The molecule has 2 fully saturated rings. The molecule has 0 aromatic rings. The number of carbonyl (C=O) groups is 2. The summed E-state index contributed by atoms with van der Waals surface area (Å²) in [5, 5.41) is 15.9. The zero-order chi connectivity index (χ0) is 15.5. The van der Waals surface area contributed by atoms with Crippen LogP contribution >= 0.6 is 0 Å². The van der Waals surface area contributed by atoms with Crippen LogP contribution in [0.25, 0.3) is 0 Å². The smallest absolute Gasteiger partial charge is 0.311 e. The van der Waals surface area contributed by atoms with Crippen LogP contribution in [0.3, 0.4) is 0 Å². The number of aliphatic carboxylic acids is 1. The summed E-state index contributed by atoms with van der Waals surface area (Å²) in [4.78, 5) is 24.4. The maximum atomic E-state index is 12.8. The van der Waals surface area contributed by atoms with E-state index in [4.69, 9.17) is 0 Å². The third-order valence-corrected chi connectivity index (χ3v) is 5.52. The minimum absolute atomic E-state index is 0.0743. The molecule has 1 saturated carbocycles. The SMILES string of the molecule is CCCC1(C(=O)NC2CCCC2(C)C(=O)O)CCNCC1. The van der Waals surface area contributed by atoms with Crippen molar-refractivity contribution in [3.8, 4) is 0 Å². The number of hydrogen-bond donors (Lipinski definition) is 3. The molecule has 0 aromatic carbocycles. The van der Waals surface area contributed by atoms with Crippen molar-refractivity contribution in [1.82, 2.24) is 10.6 Å². The van der Waals surface area contributed by atoms with Crippen molar-refractivity contribution >= 4 is 11.9 Å². The highest BCUT2D eigenvalue weighted by Crippen LogP contribution is 2.40. The molecule has 3 N–H and O–H groups in total. The Hall–Kier alpha value is -1.10. The molecule has 1 aliphatic carbocycles. The molecular weight excluding hydrogens is 268 g/mol. The maximum Gasteiger partial charge on any atom is 0.311 e. The summed E-state index contributed by atoms with van der Waals surface area (Å²) >= 11 is 0. The van der Waals surface area contributed by atoms with Crippen LogP contribution in [0.1, 0.15) is 58.8 Å². The summed E-state index contributed by atoms with van der Waals surface area (Å²) in [6.07, 6.45) is 5.86. The van der Waals surface area contributed by atoms with Gasteiger partial charge in [0.1, 0.15) is 0 Å². The monoisotopic (exact) mass is 296 g/mol. The van der Waals surface area contributed by atoms with Gasteiger partial charge in [0.2, 0.25) is 5.91 Å². The van der Waals surface area contributed by atoms with Crippen molar-refractivity contribution in [1.29, 1.82) is 0 Å². The number of hydrogen-bond acceptors (Lipinski definition) is 3. The van der Waals surface area contributed by atoms with E-state index in [1.54, 1.807) is 6.92 Å². The zero-order valence-electron chi connectivity index (χ0n) is 13.2. The van der Waals surface area contributed by atoms with Crippen LogP contribution in [0.2, 0.25) is 0 Å². The summed E-state index contributed by atoms with van der Waals surface area (Å²) in [5.74, 6) is -0.717. The Morgan fingerprint density at radius 2 is 1.95 bits per heavy atom. The molecule has 1 aliphatic heterocycles. The lowest BCUT2D eigenvalue weighted by molar-refractivity contribution is -0.149. The molecule has 2 unspecified atom stereocenters. The number of piperidine rings is 1. The molecule has 0 spiro atoms. The molecule has 2 atom stereocenters. The van der Waals surface area contributed by atoms with E-state index in [2.05, 4.69) is 17.6 Å². The molecule has 21 heavy (non-hydrogen) atoms. The van der Waals surface area contributed by atoms with Crippen LogP contribution in [0.4, 0.5) is 0 Å². The molecule has 120 valence electrons. The van der Waals surface area contributed by atoms with Gasteiger partial charge in [-0.2, -0.15) is 0 Å². The van der Waals surface area contributed by atoms with E-state index in [1.807, 2.05) is 0 Å². The molecule has 5 nitrogen and oxygen atoms in total. The fourth-order valence-corrected chi connectivity index (χ4v) is 3.94. The normalized spacial score (nSPS) is 31.8. The van der Waals surface area contributed by atoms with Crippen molar-refractivity contribution in [2.45, 2.75) is 64.8 Å². The number of carboxylic acid groups (broad SMARTS) is 1. The second kappa shape index (κ2) is 6.34. The lowest BCUT2D eigenvalue weighted by atomic mass is 9.74. The number of nitrogens with one attached hydrogen (secondary N) is 2. The Morgan fingerprint density at radius 1 is 1.29 bits per heavy atom. The highest BCUT2D eigenvalue weighted by Gasteiger charge is 2.48. The molecular formula is C16H28N2O3. The average Bonchev–Trinajstić information content (AvgIpc) is 2.83. The van der Waals surface area contributed by atoms with Gasteiger partial charge >= 0.3 is 5.97 Å². The van der Waals surface area contributed by atoms with Gasteiger partial charge in [-0.15, -0.1) is 0 Å². The van der Waals surface area contributed by atoms with E-state index in [0.29, 0.717) is 6.42 Å². The van der Waals surface area contributed by atoms with Gasteiger partial charge < -0.3 is 15.7 Å². The first-order valence-corrected chi connectivity index (χ1v) is 8.20. The number of rotatable bonds is 5. The van der Waals surface area contributed by atoms with Gasteiger partial charge in [0.15, 0.2) is 0 Å². The van der Waals surface area contributed by atoms with Crippen molar-refractivity contribution in [2.24, 2.45) is 10.8 Å². The summed E-state index contributed by atoms with van der Waals surface area (Å²) < 4.78 is 0. The van der Waals surface area contributed by atoms with Gasteiger partial charge in [-0.1, -0.05) is 19.8 Å². The van der Waals surface area contributed by atoms with E-state index in [1.165, 1.54) is 0 Å². The predicted molar refractivity (Wildman–Crippen MR) is 81.0 cm³/mol. The van der Waals surface area contributed by atoms with Gasteiger partial charge in [0.25, 0.3) is 0 Å². The predicted octanol–water partition coefficient (Wildman–Crippen LogP) is 1.92. The number of amides is 1. The van der Waals surface area contributed by atoms with Crippen LogP contribution in [0.5, 0.6) is 0 Å². The Labute approximate surface area is 126 Å². The van der Waals surface area contributed by atoms with Crippen molar-refractivity contribution in [3.63, 3.8) is 0 Å². The van der Waals surface area contributed by atoms with Crippen LogP contribution in [-0.2, 0) is 9.59 Å². The van der Waals surface area contributed by atoms with Gasteiger partial charge in [-0.05, 0) is 52.1 Å². The maximum absolute atomic E-state index is 12.8. The van der Waals surface area contributed by atoms with Crippen LogP contribution in [0, 0.1) is 10.8 Å². The molecule has 0 bridgehead atoms. The summed E-state index contributed by atoms with van der Waals surface area (Å²) in [7, 11) is 0. The second-order valence-electron chi connectivity index (χ2n) is 6.92. The van der Waals surface area contributed by atoms with E-state index >= 15 is 0 Å². The van der Waals surface area contributed by atoms with Crippen molar-refractivity contribution in [3.05, 3.63) is 0 Å². The van der Waals surface area contributed by atoms with Gasteiger partial charge in [-0.25, -0.2) is 0 Å². The second-order valence-corrected chi connectivity index (χ2v) is 6.92. The molecule has 0 aromatic heterocycles. The topological polar surface area (TPSA) is 78.4 Å². The first-order chi connectivity index (χ1) is 9.94. The Balaban J connectivity index is 2.10. The molecule has 1 amide bonds. The highest BCUT2D eigenvalue weighted by atomic mass is 16.4. The summed E-state index contributed by atoms with van der Waals surface area (Å²) in [6.45, 7) is 5.61. The molecule has 2 rings (SSSR count). The van der Waals surface area contributed by atoms with Gasteiger partial charge in [-0.3, -0.25) is 9.59 Å². The van der Waals surface area contributed by atoms with Gasteiger partial charge in [0.05, 0.1) is 10.8 Å². The number of carboxylic acids is 1. The minimum Gasteiger partial charge on any atom is -0.481 e.